The van der Waals surface area contributed by atoms with Gasteiger partial charge in [0, 0.05) is 24.7 Å². The number of fused-ring (bicyclic) bond motifs is 1. The summed E-state index contributed by atoms with van der Waals surface area (Å²) in [5, 5.41) is 29.2. The van der Waals surface area contributed by atoms with E-state index in [1.165, 1.54) is 24.3 Å². The molecule has 3 N–H and O–H groups in total. The van der Waals surface area contributed by atoms with Gasteiger partial charge in [-0.05, 0) is 36.2 Å². The van der Waals surface area contributed by atoms with E-state index in [1.807, 2.05) is 0 Å². The van der Waals surface area contributed by atoms with E-state index in [4.69, 9.17) is 0 Å². The molecule has 0 aromatic heterocycles. The molecular formula is C15H15NO5S. The van der Waals surface area contributed by atoms with Gasteiger partial charge in [-0.15, -0.1) is 0 Å². The number of phenols is 3. The molecule has 1 aliphatic rings. The lowest BCUT2D eigenvalue weighted by Gasteiger charge is -2.16. The lowest BCUT2D eigenvalue weighted by Crippen LogP contribution is -2.25. The molecule has 0 aliphatic carbocycles. The third-order valence-electron chi connectivity index (χ3n) is 3.72. The molecule has 2 aromatic rings. The highest BCUT2D eigenvalue weighted by molar-refractivity contribution is 7.89. The van der Waals surface area contributed by atoms with Crippen molar-refractivity contribution in [1.29, 1.82) is 0 Å². The van der Waals surface area contributed by atoms with Gasteiger partial charge in [-0.25, -0.2) is 8.42 Å². The smallest absolute Gasteiger partial charge is 0.247 e. The number of aryl methyl sites for hydroxylation is 1. The molecule has 1 aliphatic heterocycles. The van der Waals surface area contributed by atoms with Crippen molar-refractivity contribution in [1.82, 2.24) is 4.31 Å². The zero-order valence-electron chi connectivity index (χ0n) is 11.8. The van der Waals surface area contributed by atoms with Crippen LogP contribution in [-0.2, 0) is 23.1 Å². The average molecular weight is 321 g/mol. The number of hydrogen-bond acceptors (Lipinski definition) is 5. The predicted molar refractivity (Wildman–Crippen MR) is 79.0 cm³/mol. The molecule has 0 saturated carbocycles. The maximum absolute atomic E-state index is 12.7. The van der Waals surface area contributed by atoms with Gasteiger partial charge in [0.15, 0.2) is 0 Å². The van der Waals surface area contributed by atoms with E-state index in [2.05, 4.69) is 0 Å². The number of aromatic hydroxyl groups is 3. The summed E-state index contributed by atoms with van der Waals surface area (Å²) in [7, 11) is -3.89. The van der Waals surface area contributed by atoms with Crippen LogP contribution in [0.25, 0.3) is 0 Å². The third kappa shape index (κ3) is 2.28. The van der Waals surface area contributed by atoms with Crippen molar-refractivity contribution in [3.63, 3.8) is 0 Å². The van der Waals surface area contributed by atoms with Gasteiger partial charge in [0.1, 0.15) is 22.1 Å². The zero-order valence-corrected chi connectivity index (χ0v) is 12.6. The molecule has 3 rings (SSSR count). The third-order valence-corrected chi connectivity index (χ3v) is 5.56. The molecular weight excluding hydrogens is 306 g/mol. The molecule has 0 saturated heterocycles. The molecule has 6 nitrogen and oxygen atoms in total. The fourth-order valence-corrected chi connectivity index (χ4v) is 4.05. The molecule has 0 bridgehead atoms. The molecule has 0 radical (unpaired) electrons. The fraction of sp³-hybridized carbons (Fsp3) is 0.200. The summed E-state index contributed by atoms with van der Waals surface area (Å²) in [5.74, 6) is -0.558. The van der Waals surface area contributed by atoms with Gasteiger partial charge >= 0.3 is 0 Å². The van der Waals surface area contributed by atoms with Gasteiger partial charge in [-0.3, -0.25) is 0 Å². The highest BCUT2D eigenvalue weighted by Gasteiger charge is 2.34. The van der Waals surface area contributed by atoms with Gasteiger partial charge < -0.3 is 15.3 Å². The van der Waals surface area contributed by atoms with E-state index < -0.39 is 10.0 Å². The van der Waals surface area contributed by atoms with E-state index in [0.717, 1.165) is 9.87 Å². The lowest BCUT2D eigenvalue weighted by molar-refractivity contribution is 0.413. The zero-order chi connectivity index (χ0) is 16.1. The molecule has 0 fully saturated rings. The van der Waals surface area contributed by atoms with Crippen LogP contribution in [0.2, 0.25) is 0 Å². The molecule has 2 aromatic carbocycles. The Kier molecular flexibility index (Phi) is 3.26. The number of hydrogen-bond donors (Lipinski definition) is 3. The Morgan fingerprint density at radius 1 is 1.00 bits per heavy atom. The minimum absolute atomic E-state index is 0.00288. The Morgan fingerprint density at radius 3 is 2.41 bits per heavy atom. The van der Waals surface area contributed by atoms with Crippen LogP contribution in [0, 0.1) is 6.92 Å². The molecule has 22 heavy (non-hydrogen) atoms. The molecule has 1 heterocycles. The Morgan fingerprint density at radius 2 is 1.73 bits per heavy atom. The average Bonchev–Trinajstić information content (AvgIpc) is 2.83. The van der Waals surface area contributed by atoms with E-state index >= 15 is 0 Å². The van der Waals surface area contributed by atoms with Crippen LogP contribution in [0.15, 0.2) is 35.2 Å². The predicted octanol–water partition coefficient (Wildman–Crippen LogP) is 1.82. The second kappa shape index (κ2) is 4.89. The van der Waals surface area contributed by atoms with Crippen LogP contribution in [0.5, 0.6) is 17.2 Å². The second-order valence-electron chi connectivity index (χ2n) is 5.35. The first-order valence-corrected chi connectivity index (χ1v) is 8.06. The minimum Gasteiger partial charge on any atom is -0.508 e. The number of sulfonamides is 1. The Balaban J connectivity index is 2.01. The lowest BCUT2D eigenvalue weighted by atomic mass is 10.1. The van der Waals surface area contributed by atoms with Crippen molar-refractivity contribution >= 4 is 10.0 Å². The van der Waals surface area contributed by atoms with Crippen molar-refractivity contribution in [3.8, 4) is 17.2 Å². The van der Waals surface area contributed by atoms with Crippen LogP contribution in [0.4, 0.5) is 0 Å². The maximum Gasteiger partial charge on any atom is 0.247 e. The second-order valence-corrected chi connectivity index (χ2v) is 7.25. The molecule has 7 heteroatoms. The van der Waals surface area contributed by atoms with Gasteiger partial charge in [0.2, 0.25) is 10.0 Å². The van der Waals surface area contributed by atoms with Crippen LogP contribution >= 0.6 is 0 Å². The topological polar surface area (TPSA) is 98.1 Å². The first-order valence-electron chi connectivity index (χ1n) is 6.62. The summed E-state index contributed by atoms with van der Waals surface area (Å²) < 4.78 is 26.5. The van der Waals surface area contributed by atoms with Crippen LogP contribution < -0.4 is 0 Å². The Bertz CT molecular complexity index is 860. The van der Waals surface area contributed by atoms with Crippen molar-refractivity contribution in [2.45, 2.75) is 24.9 Å². The van der Waals surface area contributed by atoms with Crippen LogP contribution in [0.1, 0.15) is 16.7 Å². The number of phenolic OH excluding ortho intramolecular Hbond substituents is 3. The van der Waals surface area contributed by atoms with Crippen LogP contribution in [0.3, 0.4) is 0 Å². The van der Waals surface area contributed by atoms with Crippen LogP contribution in [-0.4, -0.2) is 28.0 Å². The van der Waals surface area contributed by atoms with Crippen molar-refractivity contribution in [2.24, 2.45) is 0 Å². The summed E-state index contributed by atoms with van der Waals surface area (Å²) in [6.07, 6.45) is 0. The summed E-state index contributed by atoms with van der Waals surface area (Å²) in [6, 6.07) is 6.97. The van der Waals surface area contributed by atoms with Crippen molar-refractivity contribution < 1.29 is 23.7 Å². The largest absolute Gasteiger partial charge is 0.508 e. The monoisotopic (exact) mass is 321 g/mol. The van der Waals surface area contributed by atoms with E-state index in [0.29, 0.717) is 11.1 Å². The summed E-state index contributed by atoms with van der Waals surface area (Å²) in [6.45, 7) is 1.78. The molecule has 116 valence electrons. The van der Waals surface area contributed by atoms with E-state index in [-0.39, 0.29) is 35.2 Å². The Labute approximate surface area is 127 Å². The highest BCUT2D eigenvalue weighted by Crippen LogP contribution is 2.37. The summed E-state index contributed by atoms with van der Waals surface area (Å²) >= 11 is 0. The minimum atomic E-state index is -3.89. The number of nitrogens with zero attached hydrogens (tertiary/aromatic N) is 1. The standard InChI is InChI=1S/C15H15NO5S/c1-9-2-3-15(14(19)4-9)22(20,21)16-7-10-5-11(17)6-13(18)12(10)8-16/h2-6,17-19H,7-8H2,1H3. The van der Waals surface area contributed by atoms with Crippen molar-refractivity contribution in [3.05, 3.63) is 47.0 Å². The summed E-state index contributed by atoms with van der Waals surface area (Å²) in [4.78, 5) is -0.172. The first-order chi connectivity index (χ1) is 10.3. The van der Waals surface area contributed by atoms with Gasteiger partial charge in [-0.2, -0.15) is 4.31 Å². The molecule has 0 unspecified atom stereocenters. The fourth-order valence-electron chi connectivity index (χ4n) is 2.60. The molecule has 0 spiro atoms. The summed E-state index contributed by atoms with van der Waals surface area (Å²) in [5.41, 5.74) is 1.77. The highest BCUT2D eigenvalue weighted by atomic mass is 32.2. The quantitative estimate of drug-likeness (QED) is 0.784. The normalized spacial score (nSPS) is 15.0. The molecule has 0 amide bonds. The van der Waals surface area contributed by atoms with Crippen molar-refractivity contribution in [2.75, 3.05) is 0 Å². The molecule has 0 atom stereocenters. The van der Waals surface area contributed by atoms with E-state index in [9.17, 15) is 23.7 Å². The van der Waals surface area contributed by atoms with Gasteiger partial charge in [-0.1, -0.05) is 6.07 Å². The first kappa shape index (κ1) is 14.7. The van der Waals surface area contributed by atoms with E-state index in [1.54, 1.807) is 13.0 Å². The van der Waals surface area contributed by atoms with Gasteiger partial charge in [0.05, 0.1) is 0 Å². The number of rotatable bonds is 2. The van der Waals surface area contributed by atoms with Gasteiger partial charge in [0.25, 0.3) is 0 Å². The maximum atomic E-state index is 12.7. The number of benzene rings is 2. The SMILES string of the molecule is Cc1ccc(S(=O)(=O)N2Cc3cc(O)cc(O)c3C2)c(O)c1. The Hall–Kier alpha value is -2.25.